The highest BCUT2D eigenvalue weighted by atomic mass is 16.6. The molecule has 122 valence electrons. The molecule has 4 heteroatoms. The number of hydrogen-bond donors (Lipinski definition) is 2. The lowest BCUT2D eigenvalue weighted by Gasteiger charge is -2.19. The largest absolute Gasteiger partial charge is 0.444 e. The van der Waals surface area contributed by atoms with Crippen molar-refractivity contribution < 1.29 is 9.53 Å². The second-order valence-corrected chi connectivity index (χ2v) is 7.37. The molecule has 2 unspecified atom stereocenters. The minimum absolute atomic E-state index is 0.185. The summed E-state index contributed by atoms with van der Waals surface area (Å²) >= 11 is 0. The third-order valence-electron chi connectivity index (χ3n) is 3.71. The van der Waals surface area contributed by atoms with E-state index in [4.69, 9.17) is 4.74 Å². The van der Waals surface area contributed by atoms with Crippen LogP contribution >= 0.6 is 0 Å². The zero-order chi connectivity index (χ0) is 16.3. The average molecular weight is 304 g/mol. The fourth-order valence-electron chi connectivity index (χ4n) is 2.31. The normalized spacial score (nSPS) is 20.8. The van der Waals surface area contributed by atoms with Crippen molar-refractivity contribution in [2.75, 3.05) is 0 Å². The number of nitrogens with one attached hydrogen (secondary N) is 2. The molecule has 1 saturated carbocycles. The van der Waals surface area contributed by atoms with Crippen molar-refractivity contribution in [1.82, 2.24) is 10.6 Å². The molecular weight excluding hydrogens is 276 g/mol. The summed E-state index contributed by atoms with van der Waals surface area (Å²) < 4.78 is 5.26. The Hall–Kier alpha value is -1.55. The molecule has 2 atom stereocenters. The highest BCUT2D eigenvalue weighted by Gasteiger charge is 2.38. The van der Waals surface area contributed by atoms with Gasteiger partial charge < -0.3 is 15.4 Å². The number of hydrogen-bond acceptors (Lipinski definition) is 3. The molecule has 0 heterocycles. The van der Waals surface area contributed by atoms with Gasteiger partial charge in [0.25, 0.3) is 0 Å². The Morgan fingerprint density at radius 1 is 1.23 bits per heavy atom. The second-order valence-electron chi connectivity index (χ2n) is 7.37. The van der Waals surface area contributed by atoms with Crippen molar-refractivity contribution in [2.24, 2.45) is 0 Å². The summed E-state index contributed by atoms with van der Waals surface area (Å²) in [4.78, 5) is 11.7. The predicted octanol–water partition coefficient (Wildman–Crippen LogP) is 3.57. The van der Waals surface area contributed by atoms with E-state index < -0.39 is 5.60 Å². The standard InChI is InChI=1S/C18H28N2O2/c1-12(2)14-8-6-13(7-9-14)11-19-15-10-16(15)20-17(21)22-18(3,4)5/h6-9,12,15-16,19H,10-11H2,1-5H3,(H,20,21). The zero-order valence-electron chi connectivity index (χ0n) is 14.3. The molecule has 0 aliphatic heterocycles. The molecule has 0 bridgehead atoms. The summed E-state index contributed by atoms with van der Waals surface area (Å²) in [6.45, 7) is 10.8. The molecular formula is C18H28N2O2. The molecule has 2 rings (SSSR count). The van der Waals surface area contributed by atoms with Crippen LogP contribution in [0, 0.1) is 0 Å². The highest BCUT2D eigenvalue weighted by molar-refractivity contribution is 5.68. The number of carbonyl (C=O) groups is 1. The Labute approximate surface area is 133 Å². The summed E-state index contributed by atoms with van der Waals surface area (Å²) in [5.74, 6) is 0.563. The van der Waals surface area contributed by atoms with Crippen LogP contribution in [0.1, 0.15) is 58.1 Å². The van der Waals surface area contributed by atoms with Crippen molar-refractivity contribution in [3.8, 4) is 0 Å². The smallest absolute Gasteiger partial charge is 0.407 e. The van der Waals surface area contributed by atoms with Gasteiger partial charge in [-0.1, -0.05) is 38.1 Å². The van der Waals surface area contributed by atoms with E-state index in [1.165, 1.54) is 11.1 Å². The molecule has 0 aromatic heterocycles. The lowest BCUT2D eigenvalue weighted by Crippen LogP contribution is -2.36. The van der Waals surface area contributed by atoms with Crippen LogP contribution in [0.15, 0.2) is 24.3 Å². The van der Waals surface area contributed by atoms with Gasteiger partial charge >= 0.3 is 6.09 Å². The topological polar surface area (TPSA) is 50.4 Å². The maximum atomic E-state index is 11.7. The first-order valence-electron chi connectivity index (χ1n) is 8.06. The van der Waals surface area contributed by atoms with Gasteiger partial charge in [-0.2, -0.15) is 0 Å². The van der Waals surface area contributed by atoms with Gasteiger partial charge in [0.1, 0.15) is 5.60 Å². The molecule has 1 fully saturated rings. The van der Waals surface area contributed by atoms with Gasteiger partial charge in [-0.05, 0) is 44.2 Å². The SMILES string of the molecule is CC(C)c1ccc(CNC2CC2NC(=O)OC(C)(C)C)cc1. The molecule has 22 heavy (non-hydrogen) atoms. The minimum atomic E-state index is -0.444. The molecule has 1 aromatic carbocycles. The molecule has 1 aliphatic rings. The summed E-state index contributed by atoms with van der Waals surface area (Å²) in [5.41, 5.74) is 2.19. The zero-order valence-corrected chi connectivity index (χ0v) is 14.3. The van der Waals surface area contributed by atoms with E-state index >= 15 is 0 Å². The quantitative estimate of drug-likeness (QED) is 0.874. The molecule has 4 nitrogen and oxygen atoms in total. The van der Waals surface area contributed by atoms with Crippen LogP contribution in [0.25, 0.3) is 0 Å². The first-order chi connectivity index (χ1) is 10.2. The predicted molar refractivity (Wildman–Crippen MR) is 88.9 cm³/mol. The van der Waals surface area contributed by atoms with E-state index in [9.17, 15) is 4.79 Å². The van der Waals surface area contributed by atoms with Crippen molar-refractivity contribution in [2.45, 2.75) is 71.2 Å². The van der Waals surface area contributed by atoms with Crippen LogP contribution in [0.3, 0.4) is 0 Å². The summed E-state index contributed by atoms with van der Waals surface area (Å²) in [7, 11) is 0. The molecule has 0 saturated heterocycles. The maximum Gasteiger partial charge on any atom is 0.407 e. The number of benzene rings is 1. The Balaban J connectivity index is 1.70. The summed E-state index contributed by atoms with van der Waals surface area (Å²) in [6.07, 6.45) is 0.631. The molecule has 1 amide bonds. The Kier molecular flexibility index (Phi) is 5.12. The first-order valence-corrected chi connectivity index (χ1v) is 8.06. The van der Waals surface area contributed by atoms with Gasteiger partial charge in [0.2, 0.25) is 0 Å². The van der Waals surface area contributed by atoms with Gasteiger partial charge in [0.05, 0.1) is 0 Å². The van der Waals surface area contributed by atoms with Crippen molar-refractivity contribution in [3.05, 3.63) is 35.4 Å². The van der Waals surface area contributed by atoms with Gasteiger partial charge in [0, 0.05) is 18.6 Å². The molecule has 0 spiro atoms. The highest BCUT2D eigenvalue weighted by Crippen LogP contribution is 2.23. The molecule has 1 aromatic rings. The molecule has 1 aliphatic carbocycles. The Bertz CT molecular complexity index is 503. The number of alkyl carbamates (subject to hydrolysis) is 1. The Morgan fingerprint density at radius 3 is 2.41 bits per heavy atom. The second kappa shape index (κ2) is 6.69. The van der Waals surface area contributed by atoms with Gasteiger partial charge in [0.15, 0.2) is 0 Å². The third-order valence-corrected chi connectivity index (χ3v) is 3.71. The van der Waals surface area contributed by atoms with Gasteiger partial charge in [-0.15, -0.1) is 0 Å². The lowest BCUT2D eigenvalue weighted by molar-refractivity contribution is 0.0522. The van der Waals surface area contributed by atoms with E-state index in [0.717, 1.165) is 13.0 Å². The van der Waals surface area contributed by atoms with E-state index in [1.54, 1.807) is 0 Å². The van der Waals surface area contributed by atoms with Crippen LogP contribution < -0.4 is 10.6 Å². The van der Waals surface area contributed by atoms with Crippen LogP contribution in [0.2, 0.25) is 0 Å². The fourth-order valence-corrected chi connectivity index (χ4v) is 2.31. The lowest BCUT2D eigenvalue weighted by atomic mass is 10.0. The van der Waals surface area contributed by atoms with E-state index in [0.29, 0.717) is 12.0 Å². The fraction of sp³-hybridized carbons (Fsp3) is 0.611. The van der Waals surface area contributed by atoms with Crippen LogP contribution in [0.4, 0.5) is 4.79 Å². The molecule has 2 N–H and O–H groups in total. The summed E-state index contributed by atoms with van der Waals surface area (Å²) in [5, 5.41) is 6.37. The van der Waals surface area contributed by atoms with Crippen LogP contribution in [0.5, 0.6) is 0 Å². The van der Waals surface area contributed by atoms with E-state index in [-0.39, 0.29) is 12.1 Å². The van der Waals surface area contributed by atoms with Crippen molar-refractivity contribution >= 4 is 6.09 Å². The van der Waals surface area contributed by atoms with E-state index in [2.05, 4.69) is 48.7 Å². The summed E-state index contributed by atoms with van der Waals surface area (Å²) in [6, 6.07) is 9.24. The van der Waals surface area contributed by atoms with Crippen molar-refractivity contribution in [1.29, 1.82) is 0 Å². The van der Waals surface area contributed by atoms with Gasteiger partial charge in [-0.3, -0.25) is 0 Å². The number of ether oxygens (including phenoxy) is 1. The van der Waals surface area contributed by atoms with E-state index in [1.807, 2.05) is 20.8 Å². The number of amides is 1. The molecule has 0 radical (unpaired) electrons. The minimum Gasteiger partial charge on any atom is -0.444 e. The third kappa shape index (κ3) is 5.34. The van der Waals surface area contributed by atoms with Gasteiger partial charge in [-0.25, -0.2) is 4.79 Å². The first kappa shape index (κ1) is 16.8. The number of carbonyl (C=O) groups excluding carboxylic acids is 1. The van der Waals surface area contributed by atoms with Crippen molar-refractivity contribution in [3.63, 3.8) is 0 Å². The Morgan fingerprint density at radius 2 is 1.86 bits per heavy atom. The van der Waals surface area contributed by atoms with Crippen LogP contribution in [-0.4, -0.2) is 23.8 Å². The maximum absolute atomic E-state index is 11.7. The monoisotopic (exact) mass is 304 g/mol. The number of rotatable bonds is 5. The van der Waals surface area contributed by atoms with Crippen LogP contribution in [-0.2, 0) is 11.3 Å². The average Bonchev–Trinajstić information content (AvgIpc) is 3.12.